The standard InChI is InChI=1S/2C23H24ClN7O3/c1-33-20-4-3-16(24)13-17(20)21-19(15-30(28-21)8-7-29-9-11-34-12-10-29)27-23(32)18-14-26-31-6-2-5-25-22(18)31;1-33-20-4-3-16(24)13-17(20)21-19(15-27-30(21)8-7-29-9-11-34-12-10-29)28-23(32)18-14-26-31-6-2-5-25-22(18)31/h2-6,13-15H,7-12H2,1H3,(H,27,32);2-6,13-15H,7-12H2,1H3,(H,28,32). The lowest BCUT2D eigenvalue weighted by molar-refractivity contribution is 0.0359. The van der Waals surface area contributed by atoms with Crippen molar-refractivity contribution < 1.29 is 28.5 Å². The van der Waals surface area contributed by atoms with Crippen molar-refractivity contribution >= 4 is 57.7 Å². The summed E-state index contributed by atoms with van der Waals surface area (Å²) in [4.78, 5) is 39.6. The van der Waals surface area contributed by atoms with E-state index in [4.69, 9.17) is 47.2 Å². The molecule has 0 radical (unpaired) electrons. The van der Waals surface area contributed by atoms with Gasteiger partial charge in [-0.15, -0.1) is 0 Å². The summed E-state index contributed by atoms with van der Waals surface area (Å²) in [7, 11) is 3.19. The van der Waals surface area contributed by atoms with Crippen molar-refractivity contribution in [3.63, 3.8) is 0 Å². The summed E-state index contributed by atoms with van der Waals surface area (Å²) in [5.41, 5.74) is 5.48. The molecule has 2 N–H and O–H groups in total. The highest BCUT2D eigenvalue weighted by atomic mass is 35.5. The van der Waals surface area contributed by atoms with E-state index in [2.05, 4.69) is 45.7 Å². The van der Waals surface area contributed by atoms with Crippen molar-refractivity contribution in [2.45, 2.75) is 13.1 Å². The Hall–Kier alpha value is -6.94. The maximum absolute atomic E-state index is 13.2. The Morgan fingerprint density at radius 3 is 1.76 bits per heavy atom. The Kier molecular flexibility index (Phi) is 14.5. The lowest BCUT2D eigenvalue weighted by atomic mass is 10.1. The number of nitrogens with zero attached hydrogens (tertiary/aromatic N) is 12. The first-order chi connectivity index (χ1) is 33.3. The van der Waals surface area contributed by atoms with Gasteiger partial charge in [0.1, 0.15) is 28.3 Å². The monoisotopic (exact) mass is 962 g/mol. The normalized spacial score (nSPS) is 14.4. The van der Waals surface area contributed by atoms with E-state index < -0.39 is 0 Å². The van der Waals surface area contributed by atoms with E-state index in [9.17, 15) is 9.59 Å². The number of nitrogens with one attached hydrogen (secondary N) is 2. The van der Waals surface area contributed by atoms with Crippen molar-refractivity contribution in [3.8, 4) is 34.0 Å². The number of rotatable bonds is 14. The molecule has 352 valence electrons. The number of amides is 2. The highest BCUT2D eigenvalue weighted by Crippen LogP contribution is 2.38. The van der Waals surface area contributed by atoms with Crippen LogP contribution in [0.25, 0.3) is 33.8 Å². The number of ether oxygens (including phenoxy) is 4. The molecule has 2 amide bonds. The predicted molar refractivity (Wildman–Crippen MR) is 255 cm³/mol. The zero-order chi connectivity index (χ0) is 47.0. The van der Waals surface area contributed by atoms with Gasteiger partial charge in [-0.3, -0.25) is 28.8 Å². The Morgan fingerprint density at radius 1 is 0.662 bits per heavy atom. The fourth-order valence-electron chi connectivity index (χ4n) is 7.97. The summed E-state index contributed by atoms with van der Waals surface area (Å²) in [5, 5.41) is 24.9. The van der Waals surface area contributed by atoms with Gasteiger partial charge < -0.3 is 29.6 Å². The minimum atomic E-state index is -0.330. The zero-order valence-corrected chi connectivity index (χ0v) is 38.8. The van der Waals surface area contributed by atoms with Crippen molar-refractivity contribution in [2.24, 2.45) is 0 Å². The molecule has 0 saturated carbocycles. The van der Waals surface area contributed by atoms with Crippen molar-refractivity contribution in [1.82, 2.24) is 58.6 Å². The molecule has 20 nitrogen and oxygen atoms in total. The Bertz CT molecular complexity index is 2940. The van der Waals surface area contributed by atoms with Gasteiger partial charge in [0.05, 0.1) is 89.4 Å². The van der Waals surface area contributed by atoms with Gasteiger partial charge in [-0.05, 0) is 48.5 Å². The van der Waals surface area contributed by atoms with Crippen LogP contribution in [-0.2, 0) is 22.6 Å². The van der Waals surface area contributed by atoms with Crippen LogP contribution in [0.5, 0.6) is 11.5 Å². The number of carbonyl (C=O) groups excluding carboxylic acids is 2. The SMILES string of the molecule is COc1ccc(Cl)cc1-c1c(NC(=O)c2cnn3cccnc23)cnn1CCN1CCOCC1.COc1ccc(Cl)cc1-c1nn(CCN2CCOCC2)cc1NC(=O)c1cnn2cccnc12. The van der Waals surface area contributed by atoms with E-state index in [-0.39, 0.29) is 11.8 Å². The summed E-state index contributed by atoms with van der Waals surface area (Å²) in [6.07, 6.45) is 13.2. The van der Waals surface area contributed by atoms with Crippen LogP contribution in [0.2, 0.25) is 10.0 Å². The van der Waals surface area contributed by atoms with Gasteiger partial charge in [0, 0.05) is 91.4 Å². The maximum Gasteiger partial charge on any atom is 0.261 e. The van der Waals surface area contributed by atoms with Gasteiger partial charge in [0.25, 0.3) is 11.8 Å². The second-order valence-corrected chi connectivity index (χ2v) is 16.6. The van der Waals surface area contributed by atoms with Crippen molar-refractivity contribution in [1.29, 1.82) is 0 Å². The number of methoxy groups -OCH3 is 2. The van der Waals surface area contributed by atoms with Gasteiger partial charge in [-0.25, -0.2) is 19.0 Å². The zero-order valence-electron chi connectivity index (χ0n) is 37.3. The third kappa shape index (κ3) is 10.4. The molecule has 2 aliphatic rings. The van der Waals surface area contributed by atoms with Crippen molar-refractivity contribution in [2.75, 3.05) is 90.5 Å². The topological polar surface area (TPSA) is 198 Å². The first-order valence-corrected chi connectivity index (χ1v) is 22.6. The van der Waals surface area contributed by atoms with Gasteiger partial charge in [0.15, 0.2) is 11.3 Å². The molecule has 8 heterocycles. The molecule has 2 aliphatic heterocycles. The second kappa shape index (κ2) is 21.3. The van der Waals surface area contributed by atoms with Crippen molar-refractivity contribution in [3.05, 3.63) is 119 Å². The number of aromatic nitrogens is 10. The molecule has 6 aromatic heterocycles. The Morgan fingerprint density at radius 2 is 1.19 bits per heavy atom. The lowest BCUT2D eigenvalue weighted by Gasteiger charge is -2.26. The third-order valence-electron chi connectivity index (χ3n) is 11.5. The summed E-state index contributed by atoms with van der Waals surface area (Å²) in [5.74, 6) is 0.578. The van der Waals surface area contributed by atoms with Crippen LogP contribution in [0, 0.1) is 0 Å². The molecule has 0 bridgehead atoms. The van der Waals surface area contributed by atoms with Gasteiger partial charge in [-0.1, -0.05) is 23.2 Å². The summed E-state index contributed by atoms with van der Waals surface area (Å²) in [6, 6.07) is 14.2. The number of benzene rings is 2. The third-order valence-corrected chi connectivity index (χ3v) is 11.9. The number of carbonyl (C=O) groups is 2. The van der Waals surface area contributed by atoms with Crippen LogP contribution in [-0.4, -0.2) is 150 Å². The van der Waals surface area contributed by atoms with Crippen LogP contribution in [0.4, 0.5) is 11.4 Å². The van der Waals surface area contributed by atoms with Crippen LogP contribution >= 0.6 is 23.2 Å². The fourth-order valence-corrected chi connectivity index (χ4v) is 8.32. The van der Waals surface area contributed by atoms with E-state index in [0.717, 1.165) is 71.3 Å². The highest BCUT2D eigenvalue weighted by Gasteiger charge is 2.24. The number of hydrogen-bond acceptors (Lipinski definition) is 14. The predicted octanol–water partition coefficient (Wildman–Crippen LogP) is 5.68. The van der Waals surface area contributed by atoms with E-state index in [1.165, 1.54) is 12.4 Å². The Balaban J connectivity index is 0.000000170. The molecular weight excluding hydrogens is 916 g/mol. The number of anilines is 2. The van der Waals surface area contributed by atoms with Gasteiger partial charge >= 0.3 is 0 Å². The highest BCUT2D eigenvalue weighted by molar-refractivity contribution is 6.31. The largest absolute Gasteiger partial charge is 0.496 e. The molecule has 0 unspecified atom stereocenters. The molecule has 2 saturated heterocycles. The molecule has 0 atom stereocenters. The van der Waals surface area contributed by atoms with E-state index in [1.807, 2.05) is 21.6 Å². The molecule has 8 aromatic rings. The molecule has 2 fully saturated rings. The van der Waals surface area contributed by atoms with Crippen LogP contribution in [0.3, 0.4) is 0 Å². The second-order valence-electron chi connectivity index (χ2n) is 15.7. The molecule has 10 rings (SSSR count). The van der Waals surface area contributed by atoms with Crippen LogP contribution in [0.15, 0.2) is 98.1 Å². The minimum Gasteiger partial charge on any atom is -0.496 e. The first-order valence-electron chi connectivity index (χ1n) is 21.9. The number of hydrogen-bond donors (Lipinski definition) is 2. The fraction of sp³-hybridized carbons (Fsp3) is 0.304. The maximum atomic E-state index is 13.2. The van der Waals surface area contributed by atoms with Crippen LogP contribution in [0.1, 0.15) is 20.7 Å². The Labute approximate surface area is 400 Å². The number of halogens is 2. The van der Waals surface area contributed by atoms with Crippen LogP contribution < -0.4 is 20.1 Å². The summed E-state index contributed by atoms with van der Waals surface area (Å²) in [6.45, 7) is 9.36. The number of fused-ring (bicyclic) bond motifs is 2. The quantitative estimate of drug-likeness (QED) is 0.135. The van der Waals surface area contributed by atoms with E-state index in [0.29, 0.717) is 85.4 Å². The molecular formula is C46H48Cl2N14O6. The molecule has 0 aliphatic carbocycles. The molecule has 68 heavy (non-hydrogen) atoms. The average Bonchev–Trinajstić information content (AvgIpc) is 4.19. The van der Waals surface area contributed by atoms with Gasteiger partial charge in [-0.2, -0.15) is 20.4 Å². The molecule has 2 aromatic carbocycles. The molecule has 0 spiro atoms. The summed E-state index contributed by atoms with van der Waals surface area (Å²) >= 11 is 12.6. The minimum absolute atomic E-state index is 0.330. The van der Waals surface area contributed by atoms with Gasteiger partial charge in [0.2, 0.25) is 0 Å². The summed E-state index contributed by atoms with van der Waals surface area (Å²) < 4.78 is 28.8. The number of morpholine rings is 2. The van der Waals surface area contributed by atoms with E-state index in [1.54, 1.807) is 96.7 Å². The first kappa shape index (κ1) is 46.2. The smallest absolute Gasteiger partial charge is 0.261 e. The lowest BCUT2D eigenvalue weighted by Crippen LogP contribution is -2.38. The molecule has 22 heteroatoms. The van der Waals surface area contributed by atoms with E-state index >= 15 is 0 Å². The average molecular weight is 964 g/mol.